The van der Waals surface area contributed by atoms with Crippen LogP contribution in [0.1, 0.15) is 15.2 Å². The van der Waals surface area contributed by atoms with Gasteiger partial charge < -0.3 is 14.5 Å². The Kier molecular flexibility index (Phi) is 4.73. The highest BCUT2D eigenvalue weighted by molar-refractivity contribution is 7.20. The quantitative estimate of drug-likeness (QED) is 0.568. The molecule has 0 atom stereocenters. The van der Waals surface area contributed by atoms with Gasteiger partial charge in [0.1, 0.15) is 22.1 Å². The number of methoxy groups -OCH3 is 1. The minimum absolute atomic E-state index is 0.169. The van der Waals surface area contributed by atoms with E-state index in [9.17, 15) is 9.59 Å². The number of hydrogen-bond donors (Lipinski definition) is 1. The topological polar surface area (TPSA) is 81.3 Å². The fourth-order valence-electron chi connectivity index (χ4n) is 2.35. The van der Waals surface area contributed by atoms with Crippen LogP contribution in [-0.4, -0.2) is 36.3 Å². The maximum atomic E-state index is 12.4. The lowest BCUT2D eigenvalue weighted by molar-refractivity contribution is 0.0393. The molecule has 0 aliphatic heterocycles. The molecular weight excluding hydrogens is 328 g/mol. The van der Waals surface area contributed by atoms with Gasteiger partial charge in [0.15, 0.2) is 0 Å². The molecule has 2 heterocycles. The van der Waals surface area contributed by atoms with Crippen molar-refractivity contribution in [2.24, 2.45) is 0 Å². The fraction of sp³-hybridized carbons (Fsp3) is 0.235. The van der Waals surface area contributed by atoms with Gasteiger partial charge in [-0.2, -0.15) is 0 Å². The minimum Gasteiger partial charge on any atom is -0.459 e. The second-order valence-corrected chi connectivity index (χ2v) is 6.14. The van der Waals surface area contributed by atoms with Crippen LogP contribution in [0.2, 0.25) is 0 Å². The second kappa shape index (κ2) is 6.94. The molecule has 0 saturated carbocycles. The van der Waals surface area contributed by atoms with E-state index in [0.29, 0.717) is 33.1 Å². The average molecular weight is 344 g/mol. The van der Waals surface area contributed by atoms with Crippen LogP contribution in [0.5, 0.6) is 0 Å². The van der Waals surface area contributed by atoms with Crippen LogP contribution < -0.4 is 5.56 Å². The molecule has 6 nitrogen and oxygen atoms in total. The van der Waals surface area contributed by atoms with Crippen LogP contribution in [0.3, 0.4) is 0 Å². The van der Waals surface area contributed by atoms with Gasteiger partial charge in [0.2, 0.25) is 0 Å². The number of aryl methyl sites for hydroxylation is 1. The summed E-state index contributed by atoms with van der Waals surface area (Å²) in [4.78, 5) is 32.8. The molecule has 1 N–H and O–H groups in total. The molecule has 24 heavy (non-hydrogen) atoms. The number of ether oxygens (including phenoxy) is 2. The van der Waals surface area contributed by atoms with E-state index in [4.69, 9.17) is 9.47 Å². The molecule has 0 unspecified atom stereocenters. The Morgan fingerprint density at radius 2 is 2.00 bits per heavy atom. The molecule has 0 aliphatic carbocycles. The Bertz CT molecular complexity index is 931. The van der Waals surface area contributed by atoms with Gasteiger partial charge in [-0.05, 0) is 12.5 Å². The van der Waals surface area contributed by atoms with E-state index < -0.39 is 5.97 Å². The van der Waals surface area contributed by atoms with Crippen LogP contribution in [0.4, 0.5) is 0 Å². The summed E-state index contributed by atoms with van der Waals surface area (Å²) in [7, 11) is 1.53. The van der Waals surface area contributed by atoms with Crippen molar-refractivity contribution < 1.29 is 14.3 Å². The number of nitrogens with one attached hydrogen (secondary N) is 1. The Morgan fingerprint density at radius 1 is 1.25 bits per heavy atom. The number of H-pyrrole nitrogens is 1. The van der Waals surface area contributed by atoms with E-state index in [-0.39, 0.29) is 12.2 Å². The van der Waals surface area contributed by atoms with Crippen molar-refractivity contribution in [2.45, 2.75) is 6.92 Å². The summed E-state index contributed by atoms with van der Waals surface area (Å²) in [6.07, 6.45) is 0. The van der Waals surface area contributed by atoms with E-state index in [1.807, 2.05) is 30.3 Å². The van der Waals surface area contributed by atoms with E-state index in [2.05, 4.69) is 9.97 Å². The van der Waals surface area contributed by atoms with Gasteiger partial charge in [-0.1, -0.05) is 30.3 Å². The Labute approximate surface area is 142 Å². The van der Waals surface area contributed by atoms with Crippen molar-refractivity contribution in [2.75, 3.05) is 20.3 Å². The zero-order chi connectivity index (χ0) is 17.1. The molecule has 0 spiro atoms. The Morgan fingerprint density at radius 3 is 2.71 bits per heavy atom. The molecule has 7 heteroatoms. The smallest absolute Gasteiger partial charge is 0.348 e. The SMILES string of the molecule is COCCOC(=O)c1sc2nc(-c3ccccc3)[nH]c(=O)c2c1C. The van der Waals surface area contributed by atoms with Crippen molar-refractivity contribution in [1.29, 1.82) is 0 Å². The summed E-state index contributed by atoms with van der Waals surface area (Å²) < 4.78 is 10.0. The van der Waals surface area contributed by atoms with E-state index in [1.165, 1.54) is 18.4 Å². The summed E-state index contributed by atoms with van der Waals surface area (Å²) in [5.41, 5.74) is 1.14. The van der Waals surface area contributed by atoms with Gasteiger partial charge >= 0.3 is 5.97 Å². The Hall–Kier alpha value is -2.51. The zero-order valence-electron chi connectivity index (χ0n) is 13.3. The molecule has 2 aromatic heterocycles. The van der Waals surface area contributed by atoms with Crippen LogP contribution in [0, 0.1) is 6.92 Å². The van der Waals surface area contributed by atoms with E-state index in [1.54, 1.807) is 6.92 Å². The first-order valence-corrected chi connectivity index (χ1v) is 8.18. The maximum absolute atomic E-state index is 12.4. The van der Waals surface area contributed by atoms with Gasteiger partial charge in [0.25, 0.3) is 5.56 Å². The second-order valence-electron chi connectivity index (χ2n) is 5.15. The van der Waals surface area contributed by atoms with Crippen molar-refractivity contribution in [1.82, 2.24) is 9.97 Å². The number of nitrogens with zero attached hydrogens (tertiary/aromatic N) is 1. The number of aromatic nitrogens is 2. The molecule has 0 amide bonds. The largest absolute Gasteiger partial charge is 0.459 e. The van der Waals surface area contributed by atoms with Gasteiger partial charge in [-0.3, -0.25) is 4.79 Å². The average Bonchev–Trinajstić information content (AvgIpc) is 2.93. The van der Waals surface area contributed by atoms with Gasteiger partial charge in [0.05, 0.1) is 12.0 Å². The number of carbonyl (C=O) groups is 1. The van der Waals surface area contributed by atoms with E-state index >= 15 is 0 Å². The summed E-state index contributed by atoms with van der Waals surface area (Å²) in [6, 6.07) is 9.37. The summed E-state index contributed by atoms with van der Waals surface area (Å²) in [6.45, 7) is 2.22. The number of aromatic amines is 1. The van der Waals surface area contributed by atoms with E-state index in [0.717, 1.165) is 5.56 Å². The fourth-order valence-corrected chi connectivity index (χ4v) is 3.43. The maximum Gasteiger partial charge on any atom is 0.348 e. The molecular formula is C17H16N2O4S. The lowest BCUT2D eigenvalue weighted by Crippen LogP contribution is -2.11. The number of carbonyl (C=O) groups excluding carboxylic acids is 1. The monoisotopic (exact) mass is 344 g/mol. The van der Waals surface area contributed by atoms with Crippen LogP contribution in [-0.2, 0) is 9.47 Å². The highest BCUT2D eigenvalue weighted by atomic mass is 32.1. The van der Waals surface area contributed by atoms with Crippen molar-refractivity contribution in [3.63, 3.8) is 0 Å². The van der Waals surface area contributed by atoms with Crippen LogP contribution >= 0.6 is 11.3 Å². The first kappa shape index (κ1) is 16.4. The molecule has 0 saturated heterocycles. The first-order valence-electron chi connectivity index (χ1n) is 7.36. The molecule has 124 valence electrons. The number of hydrogen-bond acceptors (Lipinski definition) is 6. The highest BCUT2D eigenvalue weighted by Gasteiger charge is 2.20. The lowest BCUT2D eigenvalue weighted by atomic mass is 10.2. The normalized spacial score (nSPS) is 10.9. The molecule has 0 aliphatic rings. The lowest BCUT2D eigenvalue weighted by Gasteiger charge is -2.02. The number of benzene rings is 1. The molecule has 0 fully saturated rings. The number of rotatable bonds is 5. The predicted octanol–water partition coefficient (Wildman–Crippen LogP) is 2.76. The first-order chi connectivity index (χ1) is 11.6. The standard InChI is InChI=1S/C17H16N2O4S/c1-10-12-15(20)18-14(11-6-4-3-5-7-11)19-16(12)24-13(10)17(21)23-9-8-22-2/h3-7H,8-9H2,1-2H3,(H,18,19,20). The number of thiophene rings is 1. The van der Waals surface area contributed by atoms with Gasteiger partial charge in [-0.15, -0.1) is 11.3 Å². The van der Waals surface area contributed by atoms with Gasteiger partial charge in [0, 0.05) is 12.7 Å². The molecule has 0 bridgehead atoms. The molecule has 3 aromatic rings. The third kappa shape index (κ3) is 3.08. The molecule has 3 rings (SSSR count). The third-order valence-corrected chi connectivity index (χ3v) is 4.72. The van der Waals surface area contributed by atoms with Crippen LogP contribution in [0.15, 0.2) is 35.1 Å². The highest BCUT2D eigenvalue weighted by Crippen LogP contribution is 2.29. The van der Waals surface area contributed by atoms with Crippen LogP contribution in [0.25, 0.3) is 21.6 Å². The number of esters is 1. The zero-order valence-corrected chi connectivity index (χ0v) is 14.1. The van der Waals surface area contributed by atoms with Crippen molar-refractivity contribution >= 4 is 27.5 Å². The summed E-state index contributed by atoms with van der Waals surface area (Å²) in [5.74, 6) is 0.0156. The van der Waals surface area contributed by atoms with Gasteiger partial charge in [-0.25, -0.2) is 9.78 Å². The third-order valence-electron chi connectivity index (χ3n) is 3.55. The molecule has 1 aromatic carbocycles. The summed E-state index contributed by atoms with van der Waals surface area (Å²) in [5, 5.41) is 0.429. The Balaban J connectivity index is 2.03. The van der Waals surface area contributed by atoms with Crippen molar-refractivity contribution in [3.05, 3.63) is 51.1 Å². The summed E-state index contributed by atoms with van der Waals surface area (Å²) >= 11 is 1.17. The minimum atomic E-state index is -0.465. The van der Waals surface area contributed by atoms with Crippen molar-refractivity contribution in [3.8, 4) is 11.4 Å². The number of fused-ring (bicyclic) bond motifs is 1. The molecule has 0 radical (unpaired) electrons. The predicted molar refractivity (Wildman–Crippen MR) is 92.6 cm³/mol.